The number of nitrogen functional groups attached to an aromatic ring is 1. The molecule has 1 saturated heterocycles. The van der Waals surface area contributed by atoms with Crippen molar-refractivity contribution in [2.75, 3.05) is 32.0 Å². The Morgan fingerprint density at radius 1 is 1.22 bits per heavy atom. The number of hydrogen-bond acceptors (Lipinski definition) is 5. The topological polar surface area (TPSA) is 95.8 Å². The molecule has 27 heavy (non-hydrogen) atoms. The van der Waals surface area contributed by atoms with Crippen LogP contribution in [0.25, 0.3) is 33.1 Å². The van der Waals surface area contributed by atoms with E-state index in [4.69, 9.17) is 10.5 Å². The van der Waals surface area contributed by atoms with Gasteiger partial charge in [0.05, 0.1) is 29.9 Å². The molecular formula is C20H22N6O. The third-order valence-corrected chi connectivity index (χ3v) is 5.41. The van der Waals surface area contributed by atoms with Crippen molar-refractivity contribution in [3.8, 4) is 11.3 Å². The number of benzene rings is 1. The number of ether oxygens (including phenoxy) is 1. The summed E-state index contributed by atoms with van der Waals surface area (Å²) in [4.78, 5) is 10.7. The maximum Gasteiger partial charge on any atom is 0.133 e. The van der Waals surface area contributed by atoms with Crippen LogP contribution in [0.1, 0.15) is 11.3 Å². The Morgan fingerprint density at radius 3 is 2.85 bits per heavy atom. The lowest BCUT2D eigenvalue weighted by Gasteiger charge is -2.26. The van der Waals surface area contributed by atoms with Gasteiger partial charge in [-0.2, -0.15) is 5.10 Å². The van der Waals surface area contributed by atoms with Crippen LogP contribution in [-0.2, 0) is 11.3 Å². The molecule has 1 aliphatic rings. The molecule has 0 radical (unpaired) electrons. The highest BCUT2D eigenvalue weighted by Crippen LogP contribution is 2.34. The summed E-state index contributed by atoms with van der Waals surface area (Å²) >= 11 is 0. The number of H-pyrrole nitrogens is 2. The van der Waals surface area contributed by atoms with Crippen molar-refractivity contribution in [3.63, 3.8) is 0 Å². The second-order valence-electron chi connectivity index (χ2n) is 7.07. The van der Waals surface area contributed by atoms with E-state index in [0.717, 1.165) is 65.9 Å². The summed E-state index contributed by atoms with van der Waals surface area (Å²) in [7, 11) is 0. The van der Waals surface area contributed by atoms with Crippen LogP contribution in [0.2, 0.25) is 0 Å². The van der Waals surface area contributed by atoms with Crippen molar-refractivity contribution in [2.24, 2.45) is 0 Å². The molecule has 0 aliphatic carbocycles. The van der Waals surface area contributed by atoms with Gasteiger partial charge < -0.3 is 15.5 Å². The van der Waals surface area contributed by atoms with Crippen LogP contribution in [0.15, 0.2) is 30.5 Å². The Hall–Kier alpha value is -2.90. The standard InChI is InChI=1S/C20H22N6O/c1-12-17(11-26-6-8-27-9-7-26)23-19-14-3-2-13(15-4-5-22-25-15)10-16(14)24-20(21)18(12)19/h2-5,10,23H,6-9,11H2,1H3,(H2,21,24)(H,22,25). The van der Waals surface area contributed by atoms with Crippen molar-refractivity contribution in [3.05, 3.63) is 41.7 Å². The van der Waals surface area contributed by atoms with Gasteiger partial charge in [0.25, 0.3) is 0 Å². The summed E-state index contributed by atoms with van der Waals surface area (Å²) in [6, 6.07) is 8.19. The fourth-order valence-electron chi connectivity index (χ4n) is 3.91. The maximum atomic E-state index is 6.35. The van der Waals surface area contributed by atoms with Gasteiger partial charge in [0.15, 0.2) is 0 Å². The van der Waals surface area contributed by atoms with Crippen molar-refractivity contribution in [2.45, 2.75) is 13.5 Å². The summed E-state index contributed by atoms with van der Waals surface area (Å²) < 4.78 is 5.46. The minimum absolute atomic E-state index is 0.571. The van der Waals surface area contributed by atoms with Crippen LogP contribution in [0.5, 0.6) is 0 Å². The number of aryl methyl sites for hydroxylation is 1. The number of nitrogens with two attached hydrogens (primary N) is 1. The lowest BCUT2D eigenvalue weighted by Crippen LogP contribution is -2.35. The molecule has 0 bridgehead atoms. The molecule has 4 N–H and O–H groups in total. The van der Waals surface area contributed by atoms with Gasteiger partial charge in [-0.1, -0.05) is 12.1 Å². The number of nitrogens with zero attached hydrogens (tertiary/aromatic N) is 3. The zero-order valence-electron chi connectivity index (χ0n) is 15.2. The first-order valence-electron chi connectivity index (χ1n) is 9.21. The first-order valence-corrected chi connectivity index (χ1v) is 9.21. The minimum atomic E-state index is 0.571. The van der Waals surface area contributed by atoms with E-state index in [-0.39, 0.29) is 0 Å². The summed E-state index contributed by atoms with van der Waals surface area (Å²) in [5.74, 6) is 0.571. The molecule has 1 aromatic carbocycles. The predicted molar refractivity (Wildman–Crippen MR) is 106 cm³/mol. The molecule has 5 rings (SSSR count). The Bertz CT molecular complexity index is 1110. The van der Waals surface area contributed by atoms with Gasteiger partial charge in [0, 0.05) is 47.9 Å². The number of morpholine rings is 1. The largest absolute Gasteiger partial charge is 0.383 e. The van der Waals surface area contributed by atoms with Crippen LogP contribution in [0.4, 0.5) is 5.82 Å². The molecule has 0 saturated carbocycles. The van der Waals surface area contributed by atoms with Gasteiger partial charge in [-0.05, 0) is 24.6 Å². The zero-order valence-corrected chi connectivity index (χ0v) is 15.2. The van der Waals surface area contributed by atoms with Crippen molar-refractivity contribution in [1.82, 2.24) is 25.1 Å². The third-order valence-electron chi connectivity index (χ3n) is 5.41. The van der Waals surface area contributed by atoms with E-state index in [1.54, 1.807) is 6.20 Å². The Kier molecular flexibility index (Phi) is 3.84. The fraction of sp³-hybridized carbons (Fsp3) is 0.300. The molecule has 4 aromatic rings. The summed E-state index contributed by atoms with van der Waals surface area (Å²) in [5.41, 5.74) is 12.7. The first-order chi connectivity index (χ1) is 13.2. The van der Waals surface area contributed by atoms with Crippen molar-refractivity contribution in [1.29, 1.82) is 0 Å². The molecule has 138 valence electrons. The minimum Gasteiger partial charge on any atom is -0.383 e. The number of hydrogen-bond donors (Lipinski definition) is 3. The number of aromatic amines is 2. The molecule has 1 fully saturated rings. The molecule has 3 aromatic heterocycles. The quantitative estimate of drug-likeness (QED) is 0.521. The molecule has 0 amide bonds. The van der Waals surface area contributed by atoms with E-state index in [9.17, 15) is 0 Å². The van der Waals surface area contributed by atoms with Crippen LogP contribution in [0.3, 0.4) is 0 Å². The molecule has 0 unspecified atom stereocenters. The average molecular weight is 362 g/mol. The maximum absolute atomic E-state index is 6.35. The highest BCUT2D eigenvalue weighted by atomic mass is 16.5. The number of rotatable bonds is 3. The second-order valence-corrected chi connectivity index (χ2v) is 7.07. The SMILES string of the molecule is Cc1c(CN2CCOCC2)[nH]c2c1c(N)nc1cc(-c3ccn[nH]3)ccc12. The second kappa shape index (κ2) is 6.37. The smallest absolute Gasteiger partial charge is 0.133 e. The average Bonchev–Trinajstić information content (AvgIpc) is 3.32. The lowest BCUT2D eigenvalue weighted by atomic mass is 10.1. The molecule has 4 heterocycles. The summed E-state index contributed by atoms with van der Waals surface area (Å²) in [6.07, 6.45) is 1.75. The highest BCUT2D eigenvalue weighted by Gasteiger charge is 2.18. The molecule has 0 atom stereocenters. The van der Waals surface area contributed by atoms with Gasteiger partial charge in [-0.25, -0.2) is 4.98 Å². The van der Waals surface area contributed by atoms with Gasteiger partial charge in [-0.3, -0.25) is 10.00 Å². The summed E-state index contributed by atoms with van der Waals surface area (Å²) in [6.45, 7) is 6.49. The van der Waals surface area contributed by atoms with E-state index in [2.05, 4.69) is 50.2 Å². The predicted octanol–water partition coefficient (Wildman–Crippen LogP) is 2.83. The van der Waals surface area contributed by atoms with Crippen LogP contribution in [0, 0.1) is 6.92 Å². The highest BCUT2D eigenvalue weighted by molar-refractivity contribution is 6.10. The molecule has 1 aliphatic heterocycles. The third kappa shape index (κ3) is 2.75. The monoisotopic (exact) mass is 362 g/mol. The Balaban J connectivity index is 1.62. The van der Waals surface area contributed by atoms with Crippen LogP contribution < -0.4 is 5.73 Å². The van der Waals surface area contributed by atoms with Gasteiger partial charge in [0.1, 0.15) is 5.82 Å². The first kappa shape index (κ1) is 16.3. The molecule has 7 nitrogen and oxygen atoms in total. The molecule has 7 heteroatoms. The number of anilines is 1. The molecule has 0 spiro atoms. The van der Waals surface area contributed by atoms with Gasteiger partial charge in [0.2, 0.25) is 0 Å². The van der Waals surface area contributed by atoms with Gasteiger partial charge >= 0.3 is 0 Å². The number of pyridine rings is 1. The number of aromatic nitrogens is 4. The van der Waals surface area contributed by atoms with E-state index in [1.165, 1.54) is 11.3 Å². The van der Waals surface area contributed by atoms with E-state index in [1.807, 2.05) is 6.07 Å². The Morgan fingerprint density at radius 2 is 2.07 bits per heavy atom. The number of fused-ring (bicyclic) bond motifs is 3. The van der Waals surface area contributed by atoms with Crippen molar-refractivity contribution >= 4 is 27.6 Å². The zero-order chi connectivity index (χ0) is 18.4. The fourth-order valence-corrected chi connectivity index (χ4v) is 3.91. The van der Waals surface area contributed by atoms with Gasteiger partial charge in [-0.15, -0.1) is 0 Å². The van der Waals surface area contributed by atoms with E-state index < -0.39 is 0 Å². The lowest BCUT2D eigenvalue weighted by molar-refractivity contribution is 0.0336. The number of nitrogens with one attached hydrogen (secondary N) is 2. The van der Waals surface area contributed by atoms with E-state index >= 15 is 0 Å². The van der Waals surface area contributed by atoms with Crippen LogP contribution >= 0.6 is 0 Å². The molecular weight excluding hydrogens is 340 g/mol. The normalized spacial score (nSPS) is 15.7. The van der Waals surface area contributed by atoms with E-state index in [0.29, 0.717) is 5.82 Å². The van der Waals surface area contributed by atoms with Crippen LogP contribution in [-0.4, -0.2) is 51.4 Å². The van der Waals surface area contributed by atoms with Crippen molar-refractivity contribution < 1.29 is 4.74 Å². The summed E-state index contributed by atoms with van der Waals surface area (Å²) in [5, 5.41) is 9.13. The Labute approximate surface area is 156 Å².